The van der Waals surface area contributed by atoms with E-state index in [0.29, 0.717) is 18.5 Å². The first-order valence-electron chi connectivity index (χ1n) is 4.82. The molecule has 0 unspecified atom stereocenters. The smallest absolute Gasteiger partial charge is 0.272 e. The summed E-state index contributed by atoms with van der Waals surface area (Å²) in [7, 11) is 0. The van der Waals surface area contributed by atoms with Crippen LogP contribution in [0.3, 0.4) is 0 Å². The number of nitro groups is 1. The number of nitrogens with two attached hydrogens (primary N) is 1. The average Bonchev–Trinajstić information content (AvgIpc) is 2.24. The Balaban J connectivity index is 2.53. The van der Waals surface area contributed by atoms with Crippen LogP contribution in [0.4, 0.5) is 5.69 Å². The van der Waals surface area contributed by atoms with Gasteiger partial charge in [0.05, 0.1) is 11.5 Å². The fraction of sp³-hybridized carbons (Fsp3) is 0.300. The summed E-state index contributed by atoms with van der Waals surface area (Å²) in [6, 6.07) is 6.53. The standard InChI is InChI=1S/C10H13N3O3/c11-10(14)7-12-6-5-8-3-1-2-4-9(8)13(15)16/h1-4,12H,5-7H2,(H2,11,14). The molecule has 0 aliphatic rings. The number of benzene rings is 1. The van der Waals surface area contributed by atoms with Crippen LogP contribution in [-0.2, 0) is 11.2 Å². The lowest BCUT2D eigenvalue weighted by Gasteiger charge is -2.03. The Morgan fingerprint density at radius 1 is 1.44 bits per heavy atom. The number of hydrogen-bond acceptors (Lipinski definition) is 4. The molecule has 0 saturated heterocycles. The van der Waals surface area contributed by atoms with Crippen LogP contribution in [0.15, 0.2) is 24.3 Å². The Morgan fingerprint density at radius 2 is 2.12 bits per heavy atom. The molecule has 1 aromatic carbocycles. The molecule has 0 aliphatic heterocycles. The monoisotopic (exact) mass is 223 g/mol. The number of nitro benzene ring substituents is 1. The molecular weight excluding hydrogens is 210 g/mol. The minimum Gasteiger partial charge on any atom is -0.369 e. The van der Waals surface area contributed by atoms with Gasteiger partial charge in [-0.05, 0) is 13.0 Å². The number of hydrogen-bond donors (Lipinski definition) is 2. The highest BCUT2D eigenvalue weighted by Gasteiger charge is 2.11. The Hall–Kier alpha value is -1.95. The molecule has 0 fully saturated rings. The summed E-state index contributed by atoms with van der Waals surface area (Å²) in [5.41, 5.74) is 5.68. The van der Waals surface area contributed by atoms with Gasteiger partial charge in [0, 0.05) is 11.6 Å². The molecule has 0 spiro atoms. The van der Waals surface area contributed by atoms with E-state index in [2.05, 4.69) is 5.32 Å². The topological polar surface area (TPSA) is 98.3 Å². The largest absolute Gasteiger partial charge is 0.369 e. The van der Waals surface area contributed by atoms with Gasteiger partial charge in [0.15, 0.2) is 0 Å². The molecule has 86 valence electrons. The van der Waals surface area contributed by atoms with Crippen molar-refractivity contribution in [2.24, 2.45) is 5.73 Å². The molecule has 6 nitrogen and oxygen atoms in total. The van der Waals surface area contributed by atoms with E-state index in [1.54, 1.807) is 18.2 Å². The van der Waals surface area contributed by atoms with Crippen molar-refractivity contribution in [2.75, 3.05) is 13.1 Å². The SMILES string of the molecule is NC(=O)CNCCc1ccccc1[N+](=O)[O-]. The van der Waals surface area contributed by atoms with E-state index < -0.39 is 10.8 Å². The second-order valence-corrected chi connectivity index (χ2v) is 3.28. The summed E-state index contributed by atoms with van der Waals surface area (Å²) in [6.45, 7) is 0.564. The lowest BCUT2D eigenvalue weighted by Crippen LogP contribution is -2.29. The Labute approximate surface area is 92.6 Å². The summed E-state index contributed by atoms with van der Waals surface area (Å²) in [6.07, 6.45) is 0.491. The maximum Gasteiger partial charge on any atom is 0.272 e. The Morgan fingerprint density at radius 3 is 2.75 bits per heavy atom. The van der Waals surface area contributed by atoms with E-state index in [1.165, 1.54) is 6.07 Å². The quantitative estimate of drug-likeness (QED) is 0.409. The average molecular weight is 223 g/mol. The molecule has 0 aliphatic carbocycles. The lowest BCUT2D eigenvalue weighted by atomic mass is 10.1. The van der Waals surface area contributed by atoms with Crippen LogP contribution in [-0.4, -0.2) is 23.9 Å². The van der Waals surface area contributed by atoms with Gasteiger partial charge in [0.1, 0.15) is 0 Å². The molecule has 1 amide bonds. The van der Waals surface area contributed by atoms with Crippen LogP contribution in [0.5, 0.6) is 0 Å². The summed E-state index contributed by atoms with van der Waals surface area (Å²) in [5, 5.41) is 13.5. The van der Waals surface area contributed by atoms with Crippen molar-refractivity contribution in [3.05, 3.63) is 39.9 Å². The van der Waals surface area contributed by atoms with Crippen molar-refractivity contribution >= 4 is 11.6 Å². The first-order valence-corrected chi connectivity index (χ1v) is 4.82. The van der Waals surface area contributed by atoms with Crippen molar-refractivity contribution in [3.8, 4) is 0 Å². The first kappa shape index (κ1) is 12.1. The molecule has 0 radical (unpaired) electrons. The fourth-order valence-corrected chi connectivity index (χ4v) is 1.33. The number of para-hydroxylation sites is 1. The van der Waals surface area contributed by atoms with Crippen LogP contribution in [0, 0.1) is 10.1 Å². The van der Waals surface area contributed by atoms with Crippen LogP contribution < -0.4 is 11.1 Å². The number of primary amides is 1. The Bertz CT molecular complexity index is 393. The summed E-state index contributed by atoms with van der Waals surface area (Å²) < 4.78 is 0. The predicted octanol–water partition coefficient (Wildman–Crippen LogP) is 0.212. The van der Waals surface area contributed by atoms with Gasteiger partial charge in [-0.1, -0.05) is 18.2 Å². The summed E-state index contributed by atoms with van der Waals surface area (Å²) in [4.78, 5) is 20.7. The van der Waals surface area contributed by atoms with Gasteiger partial charge in [-0.3, -0.25) is 14.9 Å². The molecule has 1 aromatic rings. The highest BCUT2D eigenvalue weighted by molar-refractivity contribution is 5.75. The van der Waals surface area contributed by atoms with Gasteiger partial charge in [-0.15, -0.1) is 0 Å². The van der Waals surface area contributed by atoms with Crippen molar-refractivity contribution < 1.29 is 9.72 Å². The third-order valence-corrected chi connectivity index (χ3v) is 2.06. The van der Waals surface area contributed by atoms with Crippen LogP contribution in [0.1, 0.15) is 5.56 Å². The summed E-state index contributed by atoms with van der Waals surface area (Å²) in [5.74, 6) is -0.442. The molecule has 16 heavy (non-hydrogen) atoms. The van der Waals surface area contributed by atoms with Crippen molar-refractivity contribution in [3.63, 3.8) is 0 Å². The highest BCUT2D eigenvalue weighted by Crippen LogP contribution is 2.17. The zero-order valence-electron chi connectivity index (χ0n) is 8.68. The fourth-order valence-electron chi connectivity index (χ4n) is 1.33. The van der Waals surface area contributed by atoms with Crippen molar-refractivity contribution in [1.82, 2.24) is 5.32 Å². The predicted molar refractivity (Wildman–Crippen MR) is 58.9 cm³/mol. The molecule has 0 aromatic heterocycles. The normalized spacial score (nSPS) is 10.0. The lowest BCUT2D eigenvalue weighted by molar-refractivity contribution is -0.385. The number of nitrogens with one attached hydrogen (secondary N) is 1. The van der Waals surface area contributed by atoms with Gasteiger partial charge < -0.3 is 11.1 Å². The maximum atomic E-state index is 10.7. The van der Waals surface area contributed by atoms with Crippen molar-refractivity contribution in [1.29, 1.82) is 0 Å². The van der Waals surface area contributed by atoms with Crippen LogP contribution in [0.2, 0.25) is 0 Å². The maximum absolute atomic E-state index is 10.7. The van der Waals surface area contributed by atoms with Crippen molar-refractivity contribution in [2.45, 2.75) is 6.42 Å². The number of nitrogens with zero attached hydrogens (tertiary/aromatic N) is 1. The van der Waals surface area contributed by atoms with E-state index in [9.17, 15) is 14.9 Å². The highest BCUT2D eigenvalue weighted by atomic mass is 16.6. The molecule has 6 heteroatoms. The summed E-state index contributed by atoms with van der Waals surface area (Å²) >= 11 is 0. The minimum atomic E-state index is -0.442. The van der Waals surface area contributed by atoms with E-state index in [-0.39, 0.29) is 12.2 Å². The second kappa shape index (κ2) is 5.82. The molecular formula is C10H13N3O3. The van der Waals surface area contributed by atoms with E-state index >= 15 is 0 Å². The minimum absolute atomic E-state index is 0.0840. The zero-order chi connectivity index (χ0) is 12.0. The van der Waals surface area contributed by atoms with Gasteiger partial charge in [0.2, 0.25) is 5.91 Å². The van der Waals surface area contributed by atoms with Gasteiger partial charge >= 0.3 is 0 Å². The number of carbonyl (C=O) groups excluding carboxylic acids is 1. The van der Waals surface area contributed by atoms with Crippen LogP contribution >= 0.6 is 0 Å². The molecule has 0 saturated carbocycles. The second-order valence-electron chi connectivity index (χ2n) is 3.28. The van der Waals surface area contributed by atoms with E-state index in [1.807, 2.05) is 0 Å². The number of rotatable bonds is 6. The van der Waals surface area contributed by atoms with Gasteiger partial charge in [-0.25, -0.2) is 0 Å². The number of carbonyl (C=O) groups is 1. The number of amides is 1. The first-order chi connectivity index (χ1) is 7.61. The Kier molecular flexibility index (Phi) is 4.41. The van der Waals surface area contributed by atoms with E-state index in [0.717, 1.165) is 0 Å². The van der Waals surface area contributed by atoms with E-state index in [4.69, 9.17) is 5.73 Å². The molecule has 0 bridgehead atoms. The van der Waals surface area contributed by atoms with Gasteiger partial charge in [-0.2, -0.15) is 0 Å². The molecule has 3 N–H and O–H groups in total. The molecule has 0 heterocycles. The molecule has 1 rings (SSSR count). The third kappa shape index (κ3) is 3.66. The molecule has 0 atom stereocenters. The zero-order valence-corrected chi connectivity index (χ0v) is 8.68. The van der Waals surface area contributed by atoms with Gasteiger partial charge in [0.25, 0.3) is 5.69 Å². The third-order valence-electron chi connectivity index (χ3n) is 2.06. The van der Waals surface area contributed by atoms with Crippen LogP contribution in [0.25, 0.3) is 0 Å².